The lowest BCUT2D eigenvalue weighted by Crippen LogP contribution is -2.28. The molecule has 1 aliphatic rings. The van der Waals surface area contributed by atoms with E-state index in [-0.39, 0.29) is 28.9 Å². The van der Waals surface area contributed by atoms with E-state index in [0.29, 0.717) is 0 Å². The molecule has 0 radical (unpaired) electrons. The summed E-state index contributed by atoms with van der Waals surface area (Å²) in [4.78, 5) is 22.0. The second-order valence-corrected chi connectivity index (χ2v) is 2.73. The number of rotatable bonds is 2. The Morgan fingerprint density at radius 1 is 1.50 bits per heavy atom. The van der Waals surface area contributed by atoms with Gasteiger partial charge in [0.2, 0.25) is 11.7 Å². The van der Waals surface area contributed by atoms with Gasteiger partial charge in [0.1, 0.15) is 5.76 Å². The number of ether oxygens (including phenoxy) is 1. The van der Waals surface area contributed by atoms with Crippen molar-refractivity contribution in [1.29, 1.82) is 5.41 Å². The van der Waals surface area contributed by atoms with Crippen LogP contribution >= 0.6 is 0 Å². The van der Waals surface area contributed by atoms with Gasteiger partial charge in [-0.15, -0.1) is 0 Å². The zero-order chi connectivity index (χ0) is 10.7. The minimum atomic E-state index is -0.368. The van der Waals surface area contributed by atoms with E-state index < -0.39 is 0 Å². The van der Waals surface area contributed by atoms with Gasteiger partial charge < -0.3 is 10.1 Å². The third-order valence-corrected chi connectivity index (χ3v) is 1.61. The molecule has 0 aliphatic heterocycles. The van der Waals surface area contributed by atoms with Gasteiger partial charge in [0.25, 0.3) is 0 Å². The number of carbonyl (C=O) groups is 2. The summed E-state index contributed by atoms with van der Waals surface area (Å²) in [6.45, 7) is 1.30. The van der Waals surface area contributed by atoms with E-state index in [4.69, 9.17) is 10.1 Å². The number of hydrogen-bond donors (Lipinski definition) is 2. The highest BCUT2D eigenvalue weighted by Crippen LogP contribution is 2.10. The molecular weight excluding hydrogens is 184 g/mol. The molecule has 14 heavy (non-hydrogen) atoms. The third kappa shape index (κ3) is 2.07. The van der Waals surface area contributed by atoms with Crippen molar-refractivity contribution in [3.05, 3.63) is 23.6 Å². The Bertz CT molecular complexity index is 366. The Balaban J connectivity index is 2.89. The largest absolute Gasteiger partial charge is 0.494 e. The fourth-order valence-corrected chi connectivity index (χ4v) is 1.02. The summed E-state index contributed by atoms with van der Waals surface area (Å²) < 4.78 is 4.79. The SMILES string of the molecule is COC1=CC(=O)C(NC(C)=O)=CC1=N. The van der Waals surface area contributed by atoms with Crippen molar-refractivity contribution >= 4 is 17.4 Å². The fourth-order valence-electron chi connectivity index (χ4n) is 1.02. The summed E-state index contributed by atoms with van der Waals surface area (Å²) in [5, 5.41) is 9.78. The number of amides is 1. The molecule has 0 saturated carbocycles. The Labute approximate surface area is 80.9 Å². The number of hydrogen-bond acceptors (Lipinski definition) is 4. The molecule has 5 heteroatoms. The van der Waals surface area contributed by atoms with Gasteiger partial charge in [-0.1, -0.05) is 0 Å². The molecule has 0 unspecified atom stereocenters. The maximum atomic E-state index is 11.3. The first-order chi connectivity index (χ1) is 6.54. The van der Waals surface area contributed by atoms with Crippen LogP contribution in [0, 0.1) is 5.41 Å². The van der Waals surface area contributed by atoms with Crippen LogP contribution in [0.3, 0.4) is 0 Å². The number of carbonyl (C=O) groups excluding carboxylic acids is 2. The summed E-state index contributed by atoms with van der Waals surface area (Å²) in [6, 6.07) is 0. The lowest BCUT2D eigenvalue weighted by Gasteiger charge is -2.12. The second kappa shape index (κ2) is 3.87. The minimum Gasteiger partial charge on any atom is -0.494 e. The van der Waals surface area contributed by atoms with Crippen LogP contribution in [-0.2, 0) is 14.3 Å². The molecule has 0 bridgehead atoms. The quantitative estimate of drug-likeness (QED) is 0.613. The van der Waals surface area contributed by atoms with Crippen molar-refractivity contribution in [2.45, 2.75) is 6.92 Å². The van der Waals surface area contributed by atoms with E-state index in [9.17, 15) is 9.59 Å². The normalized spacial score (nSPS) is 15.9. The summed E-state index contributed by atoms with van der Waals surface area (Å²) in [5.41, 5.74) is 0.166. The van der Waals surface area contributed by atoms with Gasteiger partial charge in [-0.3, -0.25) is 15.0 Å². The van der Waals surface area contributed by atoms with Gasteiger partial charge in [0.05, 0.1) is 18.5 Å². The minimum absolute atomic E-state index is 0.0656. The molecule has 1 amide bonds. The molecule has 0 heterocycles. The zero-order valence-electron chi connectivity index (χ0n) is 7.88. The van der Waals surface area contributed by atoms with Crippen LogP contribution in [0.15, 0.2) is 23.6 Å². The summed E-state index contributed by atoms with van der Waals surface area (Å²) in [6.07, 6.45) is 2.44. The molecule has 0 aromatic rings. The van der Waals surface area contributed by atoms with Crippen LogP contribution in [0.5, 0.6) is 0 Å². The average Bonchev–Trinajstić information content (AvgIpc) is 2.10. The summed E-state index contributed by atoms with van der Waals surface area (Å²) in [5.74, 6) is -0.510. The van der Waals surface area contributed by atoms with Crippen LogP contribution in [0.1, 0.15) is 6.92 Å². The van der Waals surface area contributed by atoms with Gasteiger partial charge in [0.15, 0.2) is 0 Å². The predicted octanol–water partition coefficient (Wildman–Crippen LogP) is 0.139. The first-order valence-electron chi connectivity index (χ1n) is 3.93. The van der Waals surface area contributed by atoms with E-state index in [2.05, 4.69) is 5.32 Å². The maximum Gasteiger partial charge on any atom is 0.221 e. The Morgan fingerprint density at radius 3 is 2.64 bits per heavy atom. The molecule has 0 spiro atoms. The van der Waals surface area contributed by atoms with Gasteiger partial charge >= 0.3 is 0 Å². The zero-order valence-corrected chi connectivity index (χ0v) is 7.88. The Morgan fingerprint density at radius 2 is 2.14 bits per heavy atom. The smallest absolute Gasteiger partial charge is 0.221 e. The van der Waals surface area contributed by atoms with Crippen LogP contribution in [0.25, 0.3) is 0 Å². The van der Waals surface area contributed by atoms with Crippen LogP contribution in [-0.4, -0.2) is 24.5 Å². The van der Waals surface area contributed by atoms with E-state index in [1.807, 2.05) is 0 Å². The van der Waals surface area contributed by atoms with Crippen molar-refractivity contribution in [3.63, 3.8) is 0 Å². The third-order valence-electron chi connectivity index (χ3n) is 1.61. The van der Waals surface area contributed by atoms with Crippen molar-refractivity contribution in [1.82, 2.24) is 5.32 Å². The molecule has 0 saturated heterocycles. The molecule has 74 valence electrons. The summed E-state index contributed by atoms with van der Waals surface area (Å²) in [7, 11) is 1.38. The molecule has 0 aromatic carbocycles. The molecule has 0 aromatic heterocycles. The van der Waals surface area contributed by atoms with Gasteiger partial charge in [-0.25, -0.2) is 0 Å². The monoisotopic (exact) mass is 194 g/mol. The van der Waals surface area contributed by atoms with Crippen LogP contribution in [0.4, 0.5) is 0 Å². The molecule has 5 nitrogen and oxygen atoms in total. The Hall–Kier alpha value is -1.91. The highest BCUT2D eigenvalue weighted by atomic mass is 16.5. The molecule has 2 N–H and O–H groups in total. The van der Waals surface area contributed by atoms with Gasteiger partial charge in [-0.2, -0.15) is 0 Å². The van der Waals surface area contributed by atoms with E-state index in [1.165, 1.54) is 26.2 Å². The van der Waals surface area contributed by atoms with Crippen molar-refractivity contribution < 1.29 is 14.3 Å². The highest BCUT2D eigenvalue weighted by molar-refractivity contribution is 6.20. The number of ketones is 1. The van der Waals surface area contributed by atoms with Gasteiger partial charge in [-0.05, 0) is 6.08 Å². The molecule has 1 aliphatic carbocycles. The molecular formula is C9H10N2O3. The fraction of sp³-hybridized carbons (Fsp3) is 0.222. The van der Waals surface area contributed by atoms with E-state index in [0.717, 1.165) is 0 Å². The standard InChI is InChI=1S/C9H10N2O3/c1-5(12)11-7-3-6(10)9(14-2)4-8(7)13/h3-4,10H,1-2H3,(H,11,12). The number of allylic oxidation sites excluding steroid dienone is 2. The summed E-state index contributed by atoms with van der Waals surface area (Å²) >= 11 is 0. The van der Waals surface area contributed by atoms with Crippen molar-refractivity contribution in [3.8, 4) is 0 Å². The first-order valence-corrected chi connectivity index (χ1v) is 3.93. The Kier molecular flexibility index (Phi) is 2.81. The number of nitrogens with one attached hydrogen (secondary N) is 2. The predicted molar refractivity (Wildman–Crippen MR) is 49.7 cm³/mol. The first kappa shape index (κ1) is 10.2. The van der Waals surface area contributed by atoms with Crippen LogP contribution < -0.4 is 5.32 Å². The maximum absolute atomic E-state index is 11.3. The van der Waals surface area contributed by atoms with Crippen molar-refractivity contribution in [2.24, 2.45) is 0 Å². The van der Waals surface area contributed by atoms with Crippen LogP contribution in [0.2, 0.25) is 0 Å². The molecule has 1 rings (SSSR count). The van der Waals surface area contributed by atoms with Gasteiger partial charge in [0, 0.05) is 13.0 Å². The molecule has 0 atom stereocenters. The average molecular weight is 194 g/mol. The highest BCUT2D eigenvalue weighted by Gasteiger charge is 2.18. The second-order valence-electron chi connectivity index (χ2n) is 2.73. The van der Waals surface area contributed by atoms with E-state index >= 15 is 0 Å². The number of methoxy groups -OCH3 is 1. The van der Waals surface area contributed by atoms with Crippen molar-refractivity contribution in [2.75, 3.05) is 7.11 Å². The lowest BCUT2D eigenvalue weighted by molar-refractivity contribution is -0.120. The van der Waals surface area contributed by atoms with E-state index in [1.54, 1.807) is 0 Å². The molecule has 0 fully saturated rings. The topological polar surface area (TPSA) is 79.2 Å². The lowest BCUT2D eigenvalue weighted by atomic mass is 10.1.